The van der Waals surface area contributed by atoms with E-state index in [1.807, 2.05) is 42.7 Å². The number of hydrogen-bond acceptors (Lipinski definition) is 3. The average Bonchev–Trinajstić information content (AvgIpc) is 2.40. The molecular weight excluding hydrogens is 222 g/mol. The molecule has 0 spiro atoms. The van der Waals surface area contributed by atoms with Crippen molar-refractivity contribution in [3.05, 3.63) is 42.7 Å². The van der Waals surface area contributed by atoms with Crippen molar-refractivity contribution in [3.63, 3.8) is 0 Å². The lowest BCUT2D eigenvalue weighted by molar-refractivity contribution is 0.559. The van der Waals surface area contributed by atoms with Crippen LogP contribution in [-0.2, 0) is 0 Å². The molecule has 0 aliphatic heterocycles. The summed E-state index contributed by atoms with van der Waals surface area (Å²) in [7, 11) is 0. The maximum absolute atomic E-state index is 4.39. The predicted molar refractivity (Wildman–Crippen MR) is 75.4 cm³/mol. The first-order valence-corrected chi connectivity index (χ1v) is 6.31. The van der Waals surface area contributed by atoms with Crippen molar-refractivity contribution in [2.24, 2.45) is 5.92 Å². The molecule has 0 bridgehead atoms. The van der Waals surface area contributed by atoms with Crippen LogP contribution in [0.4, 0.5) is 5.69 Å². The molecule has 0 aliphatic carbocycles. The summed E-state index contributed by atoms with van der Waals surface area (Å²) >= 11 is 0. The summed E-state index contributed by atoms with van der Waals surface area (Å²) in [5, 5.41) is 3.39. The Kier molecular flexibility index (Phi) is 3.92. The maximum Gasteiger partial charge on any atom is 0.159 e. The third-order valence-electron chi connectivity index (χ3n) is 3.08. The van der Waals surface area contributed by atoms with Crippen LogP contribution in [0, 0.1) is 5.92 Å². The number of nitrogens with one attached hydrogen (secondary N) is 1. The number of hydrogen-bond donors (Lipinski definition) is 1. The Morgan fingerprint density at radius 3 is 2.11 bits per heavy atom. The van der Waals surface area contributed by atoms with E-state index in [-0.39, 0.29) is 0 Å². The highest BCUT2D eigenvalue weighted by molar-refractivity contribution is 5.55. The first kappa shape index (κ1) is 12.6. The highest BCUT2D eigenvalue weighted by Crippen LogP contribution is 2.16. The third kappa shape index (κ3) is 3.06. The molecule has 1 aromatic carbocycles. The summed E-state index contributed by atoms with van der Waals surface area (Å²) in [5.74, 6) is 1.34. The van der Waals surface area contributed by atoms with Crippen LogP contribution in [0.15, 0.2) is 42.7 Å². The van der Waals surface area contributed by atoms with Crippen molar-refractivity contribution in [1.82, 2.24) is 9.97 Å². The fourth-order valence-electron chi connectivity index (χ4n) is 1.57. The SMILES string of the molecule is CC(C)C(C)Nc1cnc(-c2ccccc2)nc1. The molecular formula is C15H19N3. The van der Waals surface area contributed by atoms with Crippen LogP contribution < -0.4 is 5.32 Å². The minimum absolute atomic E-state index is 0.413. The largest absolute Gasteiger partial charge is 0.380 e. The van der Waals surface area contributed by atoms with Gasteiger partial charge in [0.2, 0.25) is 0 Å². The molecule has 2 rings (SSSR count). The monoisotopic (exact) mass is 241 g/mol. The maximum atomic E-state index is 4.39. The topological polar surface area (TPSA) is 37.8 Å². The van der Waals surface area contributed by atoms with Gasteiger partial charge in [0.05, 0.1) is 18.1 Å². The van der Waals surface area contributed by atoms with Gasteiger partial charge in [0.15, 0.2) is 5.82 Å². The summed E-state index contributed by atoms with van der Waals surface area (Å²) in [4.78, 5) is 8.78. The van der Waals surface area contributed by atoms with Gasteiger partial charge in [-0.3, -0.25) is 0 Å². The van der Waals surface area contributed by atoms with Crippen LogP contribution in [0.2, 0.25) is 0 Å². The minimum atomic E-state index is 0.413. The summed E-state index contributed by atoms with van der Waals surface area (Å²) in [5.41, 5.74) is 2.01. The average molecular weight is 241 g/mol. The smallest absolute Gasteiger partial charge is 0.159 e. The number of aromatic nitrogens is 2. The highest BCUT2D eigenvalue weighted by Gasteiger charge is 2.07. The molecule has 1 atom stereocenters. The van der Waals surface area contributed by atoms with E-state index in [4.69, 9.17) is 0 Å². The second kappa shape index (κ2) is 5.63. The van der Waals surface area contributed by atoms with Crippen molar-refractivity contribution in [2.45, 2.75) is 26.8 Å². The molecule has 1 N–H and O–H groups in total. The Bertz CT molecular complexity index is 477. The lowest BCUT2D eigenvalue weighted by Crippen LogP contribution is -2.21. The van der Waals surface area contributed by atoms with Gasteiger partial charge in [0.1, 0.15) is 0 Å². The van der Waals surface area contributed by atoms with E-state index >= 15 is 0 Å². The molecule has 0 aliphatic rings. The van der Waals surface area contributed by atoms with Crippen LogP contribution in [0.3, 0.4) is 0 Å². The molecule has 0 saturated carbocycles. The van der Waals surface area contributed by atoms with Gasteiger partial charge >= 0.3 is 0 Å². The van der Waals surface area contributed by atoms with Crippen LogP contribution in [0.25, 0.3) is 11.4 Å². The van der Waals surface area contributed by atoms with Crippen molar-refractivity contribution in [1.29, 1.82) is 0 Å². The molecule has 0 saturated heterocycles. The lowest BCUT2D eigenvalue weighted by Gasteiger charge is -2.18. The van der Waals surface area contributed by atoms with Gasteiger partial charge in [0.25, 0.3) is 0 Å². The zero-order chi connectivity index (χ0) is 13.0. The number of benzene rings is 1. The van der Waals surface area contributed by atoms with Gasteiger partial charge in [0, 0.05) is 11.6 Å². The van der Waals surface area contributed by atoms with Gasteiger partial charge in [-0.1, -0.05) is 44.2 Å². The van der Waals surface area contributed by atoms with Crippen LogP contribution >= 0.6 is 0 Å². The molecule has 0 fully saturated rings. The van der Waals surface area contributed by atoms with Crippen LogP contribution in [-0.4, -0.2) is 16.0 Å². The van der Waals surface area contributed by atoms with E-state index in [0.29, 0.717) is 12.0 Å². The van der Waals surface area contributed by atoms with E-state index in [0.717, 1.165) is 17.1 Å². The molecule has 18 heavy (non-hydrogen) atoms. The first-order valence-electron chi connectivity index (χ1n) is 6.31. The van der Waals surface area contributed by atoms with Crippen LogP contribution in [0.5, 0.6) is 0 Å². The molecule has 3 heteroatoms. The fourth-order valence-corrected chi connectivity index (χ4v) is 1.57. The Labute approximate surface area is 108 Å². The van der Waals surface area contributed by atoms with E-state index in [2.05, 4.69) is 36.1 Å². The Morgan fingerprint density at radius 2 is 1.56 bits per heavy atom. The Balaban J connectivity index is 2.11. The molecule has 94 valence electrons. The zero-order valence-corrected chi connectivity index (χ0v) is 11.1. The van der Waals surface area contributed by atoms with Gasteiger partial charge in [-0.05, 0) is 12.8 Å². The first-order chi connectivity index (χ1) is 8.66. The molecule has 0 radical (unpaired) electrons. The van der Waals surface area contributed by atoms with E-state index < -0.39 is 0 Å². The molecule has 1 heterocycles. The standard InChI is InChI=1S/C15H19N3/c1-11(2)12(3)18-14-9-16-15(17-10-14)13-7-5-4-6-8-13/h4-12,18H,1-3H3. The Morgan fingerprint density at radius 1 is 0.944 bits per heavy atom. The molecule has 1 unspecified atom stereocenters. The number of anilines is 1. The Hall–Kier alpha value is -1.90. The fraction of sp³-hybridized carbons (Fsp3) is 0.333. The van der Waals surface area contributed by atoms with Crippen molar-refractivity contribution < 1.29 is 0 Å². The van der Waals surface area contributed by atoms with Crippen molar-refractivity contribution in [2.75, 3.05) is 5.32 Å². The van der Waals surface area contributed by atoms with E-state index in [9.17, 15) is 0 Å². The highest BCUT2D eigenvalue weighted by atomic mass is 15.0. The van der Waals surface area contributed by atoms with Crippen LogP contribution in [0.1, 0.15) is 20.8 Å². The summed E-state index contributed by atoms with van der Waals surface area (Å²) in [6, 6.07) is 10.4. The van der Waals surface area contributed by atoms with Crippen molar-refractivity contribution >= 4 is 5.69 Å². The number of nitrogens with zero attached hydrogens (tertiary/aromatic N) is 2. The molecule has 1 aromatic heterocycles. The quantitative estimate of drug-likeness (QED) is 0.888. The summed E-state index contributed by atoms with van der Waals surface area (Å²) < 4.78 is 0. The van der Waals surface area contributed by atoms with E-state index in [1.165, 1.54) is 0 Å². The van der Waals surface area contributed by atoms with Gasteiger partial charge in [-0.25, -0.2) is 9.97 Å². The summed E-state index contributed by atoms with van der Waals surface area (Å²) in [6.45, 7) is 6.55. The predicted octanol–water partition coefficient (Wildman–Crippen LogP) is 3.60. The third-order valence-corrected chi connectivity index (χ3v) is 3.08. The second-order valence-electron chi connectivity index (χ2n) is 4.84. The lowest BCUT2D eigenvalue weighted by atomic mass is 10.1. The van der Waals surface area contributed by atoms with E-state index in [1.54, 1.807) is 0 Å². The molecule has 0 amide bonds. The van der Waals surface area contributed by atoms with Crippen molar-refractivity contribution in [3.8, 4) is 11.4 Å². The molecule has 2 aromatic rings. The van der Waals surface area contributed by atoms with Gasteiger partial charge in [-0.15, -0.1) is 0 Å². The normalized spacial score (nSPS) is 12.4. The second-order valence-corrected chi connectivity index (χ2v) is 4.84. The molecule has 3 nitrogen and oxygen atoms in total. The zero-order valence-electron chi connectivity index (χ0n) is 11.1. The van der Waals surface area contributed by atoms with Gasteiger partial charge in [-0.2, -0.15) is 0 Å². The summed E-state index contributed by atoms with van der Waals surface area (Å²) in [6.07, 6.45) is 3.68. The number of rotatable bonds is 4. The van der Waals surface area contributed by atoms with Gasteiger partial charge < -0.3 is 5.32 Å². The minimum Gasteiger partial charge on any atom is -0.380 e.